The van der Waals surface area contributed by atoms with Crippen molar-refractivity contribution in [3.8, 4) is 11.5 Å². The molecule has 3 rings (SSSR count). The molecule has 1 amide bonds. The summed E-state index contributed by atoms with van der Waals surface area (Å²) in [6.45, 7) is -3.16. The zero-order valence-electron chi connectivity index (χ0n) is 15.1. The highest BCUT2D eigenvalue weighted by molar-refractivity contribution is 5.96. The molecular weight excluding hydrogens is 372 g/mol. The highest BCUT2D eigenvalue weighted by Gasteiger charge is 2.32. The Morgan fingerprint density at radius 1 is 1.07 bits per heavy atom. The topological polar surface area (TPSA) is 73.9 Å². The quantitative estimate of drug-likeness (QED) is 0.698. The lowest BCUT2D eigenvalue weighted by molar-refractivity contribution is -0.130. The van der Waals surface area contributed by atoms with Crippen molar-refractivity contribution in [1.82, 2.24) is 5.32 Å². The van der Waals surface area contributed by atoms with Crippen molar-refractivity contribution in [3.63, 3.8) is 0 Å². The standard InChI is InChI=1S/C20H19F2NO5/c1-26-15-9-5-8-14(17(15)28-20(21)22)19(25)27-16(12-6-3-2-4-7-12)18(24)23-13-10-11-13/h2-9,13,16,20H,10-11H2,1H3,(H,23,24). The maximum atomic E-state index is 12.8. The third-order valence-electron chi connectivity index (χ3n) is 4.11. The number of halogens is 2. The minimum Gasteiger partial charge on any atom is -0.493 e. The van der Waals surface area contributed by atoms with Crippen LogP contribution >= 0.6 is 0 Å². The number of alkyl halides is 2. The van der Waals surface area contributed by atoms with E-state index < -0.39 is 30.3 Å². The van der Waals surface area contributed by atoms with E-state index in [-0.39, 0.29) is 17.4 Å². The number of nitrogens with one attached hydrogen (secondary N) is 1. The highest BCUT2D eigenvalue weighted by Crippen LogP contribution is 2.34. The summed E-state index contributed by atoms with van der Waals surface area (Å²) in [4.78, 5) is 25.3. The van der Waals surface area contributed by atoms with Crippen LogP contribution < -0.4 is 14.8 Å². The predicted molar refractivity (Wildman–Crippen MR) is 95.4 cm³/mol. The number of amides is 1. The van der Waals surface area contributed by atoms with Crippen molar-refractivity contribution in [2.24, 2.45) is 0 Å². The van der Waals surface area contributed by atoms with Crippen LogP contribution in [0.1, 0.15) is 34.9 Å². The van der Waals surface area contributed by atoms with Crippen LogP contribution in [-0.2, 0) is 9.53 Å². The number of ether oxygens (including phenoxy) is 3. The molecule has 0 spiro atoms. The molecule has 8 heteroatoms. The fourth-order valence-electron chi connectivity index (χ4n) is 2.62. The molecule has 2 aromatic carbocycles. The van der Waals surface area contributed by atoms with Crippen molar-refractivity contribution < 1.29 is 32.6 Å². The first-order chi connectivity index (χ1) is 13.5. The second-order valence-electron chi connectivity index (χ2n) is 6.19. The van der Waals surface area contributed by atoms with E-state index in [4.69, 9.17) is 9.47 Å². The lowest BCUT2D eigenvalue weighted by Gasteiger charge is -2.19. The molecule has 0 radical (unpaired) electrons. The molecule has 148 valence electrons. The molecule has 0 saturated heterocycles. The van der Waals surface area contributed by atoms with Gasteiger partial charge in [0.1, 0.15) is 5.56 Å². The normalized spacial score (nSPS) is 14.3. The van der Waals surface area contributed by atoms with Gasteiger partial charge in [-0.2, -0.15) is 8.78 Å². The fourth-order valence-corrected chi connectivity index (χ4v) is 2.62. The van der Waals surface area contributed by atoms with Crippen LogP contribution in [0.3, 0.4) is 0 Å². The lowest BCUT2D eigenvalue weighted by Crippen LogP contribution is -2.33. The van der Waals surface area contributed by atoms with E-state index in [1.165, 1.54) is 25.3 Å². The molecule has 0 heterocycles. The van der Waals surface area contributed by atoms with Crippen LogP contribution in [0.25, 0.3) is 0 Å². The van der Waals surface area contributed by atoms with Crippen molar-refractivity contribution in [3.05, 3.63) is 59.7 Å². The van der Waals surface area contributed by atoms with E-state index >= 15 is 0 Å². The van der Waals surface area contributed by atoms with E-state index in [9.17, 15) is 18.4 Å². The van der Waals surface area contributed by atoms with Gasteiger partial charge in [0.25, 0.3) is 5.91 Å². The molecule has 0 aromatic heterocycles. The number of carbonyl (C=O) groups is 2. The zero-order chi connectivity index (χ0) is 20.1. The number of para-hydroxylation sites is 1. The smallest absolute Gasteiger partial charge is 0.387 e. The summed E-state index contributed by atoms with van der Waals surface area (Å²) < 4.78 is 40.4. The van der Waals surface area contributed by atoms with E-state index in [1.807, 2.05) is 0 Å². The summed E-state index contributed by atoms with van der Waals surface area (Å²) in [5.74, 6) is -1.94. The Hall–Kier alpha value is -3.16. The first-order valence-corrected chi connectivity index (χ1v) is 8.67. The fraction of sp³-hybridized carbons (Fsp3) is 0.300. The first-order valence-electron chi connectivity index (χ1n) is 8.67. The number of carbonyl (C=O) groups excluding carboxylic acids is 2. The molecular formula is C20H19F2NO5. The van der Waals surface area contributed by atoms with Gasteiger partial charge in [-0.3, -0.25) is 4.79 Å². The minimum absolute atomic E-state index is 0.0477. The number of benzene rings is 2. The van der Waals surface area contributed by atoms with Crippen LogP contribution in [0.5, 0.6) is 11.5 Å². The van der Waals surface area contributed by atoms with Crippen LogP contribution in [-0.4, -0.2) is 31.6 Å². The monoisotopic (exact) mass is 391 g/mol. The van der Waals surface area contributed by atoms with Gasteiger partial charge in [-0.1, -0.05) is 36.4 Å². The van der Waals surface area contributed by atoms with Gasteiger partial charge in [-0.05, 0) is 25.0 Å². The average Bonchev–Trinajstić information content (AvgIpc) is 3.50. The molecule has 1 aliphatic rings. The number of esters is 1. The van der Waals surface area contributed by atoms with Gasteiger partial charge in [0.2, 0.25) is 6.10 Å². The van der Waals surface area contributed by atoms with Gasteiger partial charge in [0.15, 0.2) is 11.5 Å². The maximum absolute atomic E-state index is 12.8. The van der Waals surface area contributed by atoms with Crippen molar-refractivity contribution >= 4 is 11.9 Å². The average molecular weight is 391 g/mol. The molecule has 2 aromatic rings. The van der Waals surface area contributed by atoms with Crippen molar-refractivity contribution in [2.75, 3.05) is 7.11 Å². The van der Waals surface area contributed by atoms with Gasteiger partial charge < -0.3 is 19.5 Å². The predicted octanol–water partition coefficient (Wildman–Crippen LogP) is 3.47. The molecule has 1 fully saturated rings. The first kappa shape index (κ1) is 19.6. The van der Waals surface area contributed by atoms with Crippen molar-refractivity contribution in [1.29, 1.82) is 0 Å². The van der Waals surface area contributed by atoms with Crippen LogP contribution in [0.4, 0.5) is 8.78 Å². The van der Waals surface area contributed by atoms with Crippen LogP contribution in [0, 0.1) is 0 Å². The molecule has 1 atom stereocenters. The largest absolute Gasteiger partial charge is 0.493 e. The summed E-state index contributed by atoms with van der Waals surface area (Å²) in [7, 11) is 1.26. The summed E-state index contributed by atoms with van der Waals surface area (Å²) in [6, 6.07) is 12.6. The summed E-state index contributed by atoms with van der Waals surface area (Å²) in [6.07, 6.45) is 0.507. The highest BCUT2D eigenvalue weighted by atomic mass is 19.3. The molecule has 0 aliphatic heterocycles. The Kier molecular flexibility index (Phi) is 6.08. The number of hydrogen-bond donors (Lipinski definition) is 1. The molecule has 1 N–H and O–H groups in total. The van der Waals surface area contributed by atoms with E-state index in [0.717, 1.165) is 12.8 Å². The Labute approximate surface area is 160 Å². The maximum Gasteiger partial charge on any atom is 0.387 e. The second-order valence-corrected chi connectivity index (χ2v) is 6.19. The molecule has 1 aliphatic carbocycles. The molecule has 1 unspecified atom stereocenters. The third kappa shape index (κ3) is 4.76. The molecule has 1 saturated carbocycles. The van der Waals surface area contributed by atoms with Crippen molar-refractivity contribution in [2.45, 2.75) is 31.6 Å². The van der Waals surface area contributed by atoms with E-state index in [1.54, 1.807) is 30.3 Å². The third-order valence-corrected chi connectivity index (χ3v) is 4.11. The van der Waals surface area contributed by atoms with Gasteiger partial charge >= 0.3 is 12.6 Å². The van der Waals surface area contributed by atoms with Gasteiger partial charge in [-0.15, -0.1) is 0 Å². The number of hydrogen-bond acceptors (Lipinski definition) is 5. The summed E-state index contributed by atoms with van der Waals surface area (Å²) in [5, 5.41) is 2.79. The van der Waals surface area contributed by atoms with Gasteiger partial charge in [0, 0.05) is 11.6 Å². The van der Waals surface area contributed by atoms with Crippen LogP contribution in [0.15, 0.2) is 48.5 Å². The van der Waals surface area contributed by atoms with Gasteiger partial charge in [-0.25, -0.2) is 4.79 Å². The lowest BCUT2D eigenvalue weighted by atomic mass is 10.1. The summed E-state index contributed by atoms with van der Waals surface area (Å²) in [5.41, 5.74) is 0.202. The zero-order valence-corrected chi connectivity index (χ0v) is 15.1. The Balaban J connectivity index is 1.88. The molecule has 6 nitrogen and oxygen atoms in total. The minimum atomic E-state index is -3.16. The van der Waals surface area contributed by atoms with E-state index in [0.29, 0.717) is 5.56 Å². The number of methoxy groups -OCH3 is 1. The van der Waals surface area contributed by atoms with Crippen LogP contribution in [0.2, 0.25) is 0 Å². The summed E-state index contributed by atoms with van der Waals surface area (Å²) >= 11 is 0. The molecule has 28 heavy (non-hydrogen) atoms. The van der Waals surface area contributed by atoms with Gasteiger partial charge in [0.05, 0.1) is 7.11 Å². The Morgan fingerprint density at radius 3 is 2.39 bits per heavy atom. The second kappa shape index (κ2) is 8.69. The molecule has 0 bridgehead atoms. The Morgan fingerprint density at radius 2 is 1.79 bits per heavy atom. The number of rotatable bonds is 8. The SMILES string of the molecule is COc1cccc(C(=O)OC(C(=O)NC2CC2)c2ccccc2)c1OC(F)F. The Bertz CT molecular complexity index is 840. The van der Waals surface area contributed by atoms with E-state index in [2.05, 4.69) is 10.1 Å².